The molecule has 0 atom stereocenters. The number of rotatable bonds is 3. The van der Waals surface area contributed by atoms with Crippen molar-refractivity contribution in [1.29, 1.82) is 0 Å². The molecule has 1 N–H and O–H groups in total. The van der Waals surface area contributed by atoms with Crippen molar-refractivity contribution in [2.45, 2.75) is 0 Å². The number of benzene rings is 1. The molecule has 4 nitrogen and oxygen atoms in total. The van der Waals surface area contributed by atoms with Gasteiger partial charge in [0.15, 0.2) is 11.5 Å². The summed E-state index contributed by atoms with van der Waals surface area (Å²) >= 11 is 7.09. The highest BCUT2D eigenvalue weighted by Crippen LogP contribution is 2.33. The maximum Gasteiger partial charge on any atom is 0.358 e. The lowest BCUT2D eigenvalue weighted by atomic mass is 10.1. The maximum absolute atomic E-state index is 13.2. The predicted octanol–water partition coefficient (Wildman–Crippen LogP) is 4.56. The molecule has 3 aromatic rings. The van der Waals surface area contributed by atoms with Crippen LogP contribution in [0.1, 0.15) is 10.5 Å². The second-order valence-corrected chi connectivity index (χ2v) is 5.46. The molecule has 0 saturated heterocycles. The lowest BCUT2D eigenvalue weighted by Crippen LogP contribution is -1.99. The van der Waals surface area contributed by atoms with Crippen LogP contribution in [0.4, 0.5) is 4.39 Å². The quantitative estimate of drug-likeness (QED) is 0.767. The van der Waals surface area contributed by atoms with Crippen molar-refractivity contribution in [2.24, 2.45) is 0 Å². The SMILES string of the molecule is O=C(O)c1nc(-c2cccs2)oc1-c1ccc(F)c(Cl)c1. The van der Waals surface area contributed by atoms with Gasteiger partial charge in [0.25, 0.3) is 0 Å². The number of hydrogen-bond donors (Lipinski definition) is 1. The Morgan fingerprint density at radius 1 is 1.38 bits per heavy atom. The summed E-state index contributed by atoms with van der Waals surface area (Å²) in [5.41, 5.74) is 0.121. The predicted molar refractivity (Wildman–Crippen MR) is 77.2 cm³/mol. The van der Waals surface area contributed by atoms with Crippen molar-refractivity contribution in [2.75, 3.05) is 0 Å². The summed E-state index contributed by atoms with van der Waals surface area (Å²) in [7, 11) is 0. The second-order valence-electron chi connectivity index (χ2n) is 4.11. The van der Waals surface area contributed by atoms with E-state index in [4.69, 9.17) is 16.0 Å². The van der Waals surface area contributed by atoms with Gasteiger partial charge in [-0.2, -0.15) is 0 Å². The normalized spacial score (nSPS) is 10.8. The molecule has 7 heteroatoms. The van der Waals surface area contributed by atoms with Gasteiger partial charge in [0.1, 0.15) is 5.82 Å². The minimum absolute atomic E-state index is 0.0489. The van der Waals surface area contributed by atoms with Crippen LogP contribution in [0.2, 0.25) is 5.02 Å². The first-order valence-electron chi connectivity index (χ1n) is 5.79. The Morgan fingerprint density at radius 2 is 2.19 bits per heavy atom. The van der Waals surface area contributed by atoms with Crippen molar-refractivity contribution in [1.82, 2.24) is 4.98 Å². The van der Waals surface area contributed by atoms with Crippen molar-refractivity contribution >= 4 is 28.9 Å². The van der Waals surface area contributed by atoms with Gasteiger partial charge < -0.3 is 9.52 Å². The first kappa shape index (κ1) is 13.8. The number of aromatic nitrogens is 1. The lowest BCUT2D eigenvalue weighted by Gasteiger charge is -2.00. The molecule has 0 saturated carbocycles. The standard InChI is InChI=1S/C14H7ClFNO3S/c15-8-6-7(3-4-9(8)16)12-11(14(18)19)17-13(20-12)10-2-1-5-21-10/h1-6H,(H,18,19). The smallest absolute Gasteiger partial charge is 0.358 e. The molecule has 0 bridgehead atoms. The van der Waals surface area contributed by atoms with Gasteiger partial charge in [-0.05, 0) is 29.6 Å². The van der Waals surface area contributed by atoms with Crippen LogP contribution in [0.15, 0.2) is 40.1 Å². The molecule has 2 aromatic heterocycles. The van der Waals surface area contributed by atoms with Gasteiger partial charge in [0.2, 0.25) is 5.89 Å². The van der Waals surface area contributed by atoms with Crippen molar-refractivity contribution < 1.29 is 18.7 Å². The molecule has 0 aliphatic heterocycles. The largest absolute Gasteiger partial charge is 0.476 e. The monoisotopic (exact) mass is 323 g/mol. The van der Waals surface area contributed by atoms with Crippen LogP contribution in [0.25, 0.3) is 22.1 Å². The van der Waals surface area contributed by atoms with Gasteiger partial charge >= 0.3 is 5.97 Å². The summed E-state index contributed by atoms with van der Waals surface area (Å²) in [6.07, 6.45) is 0. The van der Waals surface area contributed by atoms with Crippen LogP contribution >= 0.6 is 22.9 Å². The second kappa shape index (κ2) is 5.31. The van der Waals surface area contributed by atoms with E-state index in [-0.39, 0.29) is 22.4 Å². The molecule has 3 rings (SSSR count). The van der Waals surface area contributed by atoms with Crippen molar-refractivity contribution in [3.8, 4) is 22.1 Å². The van der Waals surface area contributed by atoms with E-state index in [0.29, 0.717) is 10.4 Å². The third-order valence-electron chi connectivity index (χ3n) is 2.74. The Kier molecular flexibility index (Phi) is 3.48. The summed E-state index contributed by atoms with van der Waals surface area (Å²) in [6, 6.07) is 7.42. The fraction of sp³-hybridized carbons (Fsp3) is 0. The molecular formula is C14H7ClFNO3S. The van der Waals surface area contributed by atoms with Gasteiger partial charge in [-0.15, -0.1) is 11.3 Å². The Bertz CT molecular complexity index is 814. The number of carbonyl (C=O) groups is 1. The van der Waals surface area contributed by atoms with Gasteiger partial charge in [-0.1, -0.05) is 17.7 Å². The highest BCUT2D eigenvalue weighted by atomic mass is 35.5. The first-order chi connectivity index (χ1) is 10.1. The highest BCUT2D eigenvalue weighted by molar-refractivity contribution is 7.13. The summed E-state index contributed by atoms with van der Waals surface area (Å²) in [6.45, 7) is 0. The maximum atomic E-state index is 13.2. The van der Waals surface area contributed by atoms with E-state index >= 15 is 0 Å². The van der Waals surface area contributed by atoms with Crippen LogP contribution in [-0.2, 0) is 0 Å². The van der Waals surface area contributed by atoms with E-state index in [1.54, 1.807) is 12.1 Å². The third-order valence-corrected chi connectivity index (χ3v) is 3.89. The number of thiophene rings is 1. The molecule has 0 amide bonds. The van der Waals surface area contributed by atoms with Crippen LogP contribution in [0.3, 0.4) is 0 Å². The summed E-state index contributed by atoms with van der Waals surface area (Å²) < 4.78 is 18.7. The molecule has 106 valence electrons. The number of hydrogen-bond acceptors (Lipinski definition) is 4. The molecule has 21 heavy (non-hydrogen) atoms. The van der Waals surface area contributed by atoms with Crippen molar-refractivity contribution in [3.63, 3.8) is 0 Å². The summed E-state index contributed by atoms with van der Waals surface area (Å²) in [5.74, 6) is -1.56. The fourth-order valence-corrected chi connectivity index (χ4v) is 2.63. The van der Waals surface area contributed by atoms with E-state index in [0.717, 1.165) is 6.07 Å². The first-order valence-corrected chi connectivity index (χ1v) is 7.05. The summed E-state index contributed by atoms with van der Waals surface area (Å²) in [5, 5.41) is 11.0. The number of carboxylic acids is 1. The van der Waals surface area contributed by atoms with Gasteiger partial charge in [0, 0.05) is 5.56 Å². The van der Waals surface area contributed by atoms with Crippen LogP contribution in [-0.4, -0.2) is 16.1 Å². The number of halogens is 2. The minimum atomic E-state index is -1.22. The van der Waals surface area contributed by atoms with Crippen LogP contribution in [0.5, 0.6) is 0 Å². The van der Waals surface area contributed by atoms with E-state index in [1.807, 2.05) is 5.38 Å². The average molecular weight is 324 g/mol. The summed E-state index contributed by atoms with van der Waals surface area (Å²) in [4.78, 5) is 16.0. The zero-order valence-electron chi connectivity index (χ0n) is 10.3. The van der Waals surface area contributed by atoms with Crippen LogP contribution in [0, 0.1) is 5.82 Å². The van der Waals surface area contributed by atoms with Gasteiger partial charge in [-0.25, -0.2) is 14.2 Å². The van der Waals surface area contributed by atoms with Gasteiger partial charge in [-0.3, -0.25) is 0 Å². The Balaban J connectivity index is 2.16. The molecule has 0 fully saturated rings. The third kappa shape index (κ3) is 2.55. The van der Waals surface area contributed by atoms with Gasteiger partial charge in [0.05, 0.1) is 9.90 Å². The minimum Gasteiger partial charge on any atom is -0.476 e. The molecule has 2 heterocycles. The number of carboxylic acid groups (broad SMARTS) is 1. The molecular weight excluding hydrogens is 317 g/mol. The van der Waals surface area contributed by atoms with E-state index in [2.05, 4.69) is 4.98 Å². The van der Waals surface area contributed by atoms with E-state index in [1.165, 1.54) is 23.5 Å². The Labute approximate surface area is 127 Å². The number of aromatic carboxylic acids is 1. The number of oxazole rings is 1. The fourth-order valence-electron chi connectivity index (χ4n) is 1.80. The average Bonchev–Trinajstić information content (AvgIpc) is 3.09. The molecule has 0 unspecified atom stereocenters. The molecule has 1 aromatic carbocycles. The molecule has 0 aliphatic carbocycles. The molecule has 0 radical (unpaired) electrons. The van der Waals surface area contributed by atoms with E-state index in [9.17, 15) is 14.3 Å². The Morgan fingerprint density at radius 3 is 2.81 bits per heavy atom. The topological polar surface area (TPSA) is 63.3 Å². The molecule has 0 spiro atoms. The Hall–Kier alpha value is -2.18. The number of nitrogens with zero attached hydrogens (tertiary/aromatic N) is 1. The lowest BCUT2D eigenvalue weighted by molar-refractivity contribution is 0.0691. The molecule has 0 aliphatic rings. The zero-order chi connectivity index (χ0) is 15.0. The van der Waals surface area contributed by atoms with Crippen LogP contribution < -0.4 is 0 Å². The highest BCUT2D eigenvalue weighted by Gasteiger charge is 2.22. The van der Waals surface area contributed by atoms with E-state index < -0.39 is 11.8 Å². The zero-order valence-corrected chi connectivity index (χ0v) is 11.9. The van der Waals surface area contributed by atoms with Crippen molar-refractivity contribution in [3.05, 3.63) is 52.2 Å².